The first-order chi connectivity index (χ1) is 15.8. The van der Waals surface area contributed by atoms with Crippen LogP contribution in [0, 0.1) is 11.7 Å². The lowest BCUT2D eigenvalue weighted by atomic mass is 9.95. The molecule has 0 radical (unpaired) electrons. The Kier molecular flexibility index (Phi) is 6.99. The van der Waals surface area contributed by atoms with Crippen LogP contribution >= 0.6 is 0 Å². The van der Waals surface area contributed by atoms with E-state index in [0.29, 0.717) is 17.7 Å². The van der Waals surface area contributed by atoms with E-state index in [4.69, 9.17) is 0 Å². The molecule has 3 aromatic rings. The topological polar surface area (TPSA) is 33.2 Å². The maximum absolute atomic E-state index is 14.3. The van der Waals surface area contributed by atoms with Gasteiger partial charge in [-0.3, -0.25) is 9.78 Å². The predicted molar refractivity (Wildman–Crippen MR) is 112 cm³/mol. The van der Waals surface area contributed by atoms with E-state index in [9.17, 15) is 35.5 Å². The lowest BCUT2D eigenvalue weighted by Crippen LogP contribution is -2.33. The lowest BCUT2D eigenvalue weighted by molar-refractivity contribution is -0.143. The Morgan fingerprint density at radius 2 is 1.53 bits per heavy atom. The first-order valence-corrected chi connectivity index (χ1v) is 10.0. The molecule has 0 bridgehead atoms. The van der Waals surface area contributed by atoms with Crippen LogP contribution in [0.25, 0.3) is 11.1 Å². The van der Waals surface area contributed by atoms with Crippen LogP contribution in [-0.4, -0.2) is 17.9 Å². The minimum atomic E-state index is -4.98. The zero-order valence-electron chi connectivity index (χ0n) is 18.0. The quantitative estimate of drug-likeness (QED) is 0.375. The number of hydrogen-bond donors (Lipinski definition) is 0. The number of carbonyl (C=O) groups is 1. The zero-order chi connectivity index (χ0) is 25.3. The number of rotatable bonds is 5. The van der Waals surface area contributed by atoms with Gasteiger partial charge in [0.2, 0.25) is 5.91 Å². The summed E-state index contributed by atoms with van der Waals surface area (Å²) in [6.07, 6.45) is -7.57. The van der Waals surface area contributed by atoms with Gasteiger partial charge in [-0.1, -0.05) is 25.1 Å². The zero-order valence-corrected chi connectivity index (χ0v) is 18.0. The number of hydrogen-bond acceptors (Lipinski definition) is 2. The second-order valence-electron chi connectivity index (χ2n) is 7.79. The van der Waals surface area contributed by atoms with Crippen molar-refractivity contribution in [2.24, 2.45) is 5.92 Å². The molecule has 1 atom stereocenters. The van der Waals surface area contributed by atoms with Crippen molar-refractivity contribution in [1.29, 1.82) is 0 Å². The van der Waals surface area contributed by atoms with E-state index in [0.717, 1.165) is 0 Å². The minimum Gasteiger partial charge on any atom is -0.315 e. The maximum atomic E-state index is 14.3. The summed E-state index contributed by atoms with van der Waals surface area (Å²) >= 11 is 0. The van der Waals surface area contributed by atoms with Crippen LogP contribution in [-0.2, 0) is 23.6 Å². The van der Waals surface area contributed by atoms with E-state index < -0.39 is 41.1 Å². The normalized spacial score (nSPS) is 13.0. The molecule has 0 aliphatic heterocycles. The van der Waals surface area contributed by atoms with Crippen LogP contribution in [0.1, 0.15) is 23.6 Å². The predicted octanol–water partition coefficient (Wildman–Crippen LogP) is 6.77. The van der Waals surface area contributed by atoms with Gasteiger partial charge in [0, 0.05) is 36.5 Å². The fourth-order valence-electron chi connectivity index (χ4n) is 3.59. The van der Waals surface area contributed by atoms with E-state index in [2.05, 4.69) is 4.98 Å². The monoisotopic (exact) mass is 484 g/mol. The first kappa shape index (κ1) is 25.2. The van der Waals surface area contributed by atoms with Crippen molar-refractivity contribution in [3.05, 3.63) is 83.4 Å². The van der Waals surface area contributed by atoms with Gasteiger partial charge in [0.1, 0.15) is 5.82 Å². The van der Waals surface area contributed by atoms with Gasteiger partial charge in [-0.2, -0.15) is 26.3 Å². The summed E-state index contributed by atoms with van der Waals surface area (Å²) in [5.74, 6) is -2.10. The highest BCUT2D eigenvalue weighted by Gasteiger charge is 2.37. The van der Waals surface area contributed by atoms with Gasteiger partial charge in [0.15, 0.2) is 0 Å². The Balaban J connectivity index is 1.91. The Morgan fingerprint density at radius 3 is 2.09 bits per heavy atom. The first-order valence-electron chi connectivity index (χ1n) is 10.0. The number of anilines is 1. The second kappa shape index (κ2) is 9.44. The van der Waals surface area contributed by atoms with Crippen LogP contribution in [0.15, 0.2) is 60.9 Å². The van der Waals surface area contributed by atoms with Crippen LogP contribution < -0.4 is 4.90 Å². The fourth-order valence-corrected chi connectivity index (χ4v) is 3.59. The molecule has 10 heteroatoms. The molecule has 0 aliphatic carbocycles. The summed E-state index contributed by atoms with van der Waals surface area (Å²) in [7, 11) is 1.39. The van der Waals surface area contributed by atoms with Gasteiger partial charge in [-0.25, -0.2) is 4.39 Å². The van der Waals surface area contributed by atoms with Crippen molar-refractivity contribution >= 4 is 11.6 Å². The number of pyridine rings is 1. The largest absolute Gasteiger partial charge is 0.416 e. The van der Waals surface area contributed by atoms with Crippen molar-refractivity contribution in [2.75, 3.05) is 11.9 Å². The molecule has 1 heterocycles. The molecule has 1 aromatic heterocycles. The molecule has 3 rings (SSSR count). The molecule has 0 spiro atoms. The molecule has 0 aliphatic rings. The average molecular weight is 484 g/mol. The number of benzene rings is 2. The third-order valence-electron chi connectivity index (χ3n) is 5.26. The number of halogens is 7. The molecule has 0 fully saturated rings. The highest BCUT2D eigenvalue weighted by Crippen LogP contribution is 2.37. The highest BCUT2D eigenvalue weighted by molar-refractivity contribution is 5.98. The maximum Gasteiger partial charge on any atom is 0.416 e. The number of amides is 1. The molecular formula is C24H19F7N2O. The molecule has 34 heavy (non-hydrogen) atoms. The van der Waals surface area contributed by atoms with E-state index in [1.807, 2.05) is 0 Å². The molecule has 2 aromatic carbocycles. The summed E-state index contributed by atoms with van der Waals surface area (Å²) in [5, 5.41) is 0. The van der Waals surface area contributed by atoms with Gasteiger partial charge in [0.25, 0.3) is 0 Å². The lowest BCUT2D eigenvalue weighted by Gasteiger charge is -2.24. The summed E-state index contributed by atoms with van der Waals surface area (Å²) in [4.78, 5) is 18.2. The van der Waals surface area contributed by atoms with Gasteiger partial charge in [-0.05, 0) is 42.3 Å². The summed E-state index contributed by atoms with van der Waals surface area (Å²) in [6, 6.07) is 8.56. The molecule has 180 valence electrons. The van der Waals surface area contributed by atoms with Crippen LogP contribution in [0.5, 0.6) is 0 Å². The van der Waals surface area contributed by atoms with Crippen LogP contribution in [0.3, 0.4) is 0 Å². The third kappa shape index (κ3) is 5.55. The average Bonchev–Trinajstić information content (AvgIpc) is 2.77. The summed E-state index contributed by atoms with van der Waals surface area (Å²) < 4.78 is 93.2. The molecule has 0 saturated carbocycles. The minimum absolute atomic E-state index is 0.0414. The van der Waals surface area contributed by atoms with E-state index in [1.165, 1.54) is 55.5 Å². The molecule has 1 amide bonds. The van der Waals surface area contributed by atoms with E-state index in [-0.39, 0.29) is 29.3 Å². The summed E-state index contributed by atoms with van der Waals surface area (Å²) in [6.45, 7) is 1.40. The molecule has 3 nitrogen and oxygen atoms in total. The standard InChI is InChI=1S/C24H19F7N2O/c1-14(9-15-10-16(23(26,27)28)12-17(11-15)24(29,30)31)22(34)33(2)21-7-8-32-13-19(21)18-5-3-4-6-20(18)25/h3-8,10-14H,9H2,1-2H3. The third-order valence-corrected chi connectivity index (χ3v) is 5.26. The van der Waals surface area contributed by atoms with Crippen molar-refractivity contribution < 1.29 is 35.5 Å². The van der Waals surface area contributed by atoms with E-state index >= 15 is 0 Å². The van der Waals surface area contributed by atoms with Gasteiger partial charge in [0.05, 0.1) is 16.8 Å². The van der Waals surface area contributed by atoms with Gasteiger partial charge < -0.3 is 4.90 Å². The van der Waals surface area contributed by atoms with Crippen molar-refractivity contribution in [3.8, 4) is 11.1 Å². The second-order valence-corrected chi connectivity index (χ2v) is 7.79. The summed E-state index contributed by atoms with van der Waals surface area (Å²) in [5.41, 5.74) is -2.38. The van der Waals surface area contributed by atoms with Gasteiger partial charge in [-0.15, -0.1) is 0 Å². The molecular weight excluding hydrogens is 465 g/mol. The molecule has 0 saturated heterocycles. The number of carbonyl (C=O) groups excluding carboxylic acids is 1. The van der Waals surface area contributed by atoms with E-state index in [1.54, 1.807) is 6.07 Å². The van der Waals surface area contributed by atoms with Crippen molar-refractivity contribution in [3.63, 3.8) is 0 Å². The smallest absolute Gasteiger partial charge is 0.315 e. The number of nitrogens with zero attached hydrogens (tertiary/aromatic N) is 2. The van der Waals surface area contributed by atoms with Crippen LogP contribution in [0.4, 0.5) is 36.4 Å². The highest BCUT2D eigenvalue weighted by atomic mass is 19.4. The molecule has 0 N–H and O–H groups in total. The molecule has 1 unspecified atom stereocenters. The number of alkyl halides is 6. The van der Waals surface area contributed by atoms with Crippen LogP contribution in [0.2, 0.25) is 0 Å². The van der Waals surface area contributed by atoms with Gasteiger partial charge >= 0.3 is 12.4 Å². The van der Waals surface area contributed by atoms with Crippen molar-refractivity contribution in [2.45, 2.75) is 25.7 Å². The number of aromatic nitrogens is 1. The Hall–Kier alpha value is -3.43. The Morgan fingerprint density at radius 1 is 0.941 bits per heavy atom. The fraction of sp³-hybridized carbons (Fsp3) is 0.250. The Labute approximate surface area is 190 Å². The van der Waals surface area contributed by atoms with Crippen molar-refractivity contribution in [1.82, 2.24) is 4.98 Å². The Bertz CT molecular complexity index is 1160. The SMILES string of the molecule is CC(Cc1cc(C(F)(F)F)cc(C(F)(F)F)c1)C(=O)N(C)c1ccncc1-c1ccccc1F.